The Hall–Kier alpha value is -0.340. The van der Waals surface area contributed by atoms with Crippen LogP contribution in [-0.4, -0.2) is 38.3 Å². The molecule has 0 aliphatic heterocycles. The van der Waals surface area contributed by atoms with Crippen LogP contribution in [0.4, 0.5) is 0 Å². The van der Waals surface area contributed by atoms with Gasteiger partial charge in [0.15, 0.2) is 5.03 Å². The molecule has 0 bridgehead atoms. The third kappa shape index (κ3) is 4.44. The summed E-state index contributed by atoms with van der Waals surface area (Å²) in [4.78, 5) is 0. The SMILES string of the molecule is CNCCCNS(=O)(=O)c1c(Cl)cnn1C.Cl. The van der Waals surface area contributed by atoms with Gasteiger partial charge in [0, 0.05) is 13.6 Å². The molecule has 9 heteroatoms. The second-order valence-electron chi connectivity index (χ2n) is 3.28. The van der Waals surface area contributed by atoms with Crippen molar-refractivity contribution in [2.75, 3.05) is 20.1 Å². The summed E-state index contributed by atoms with van der Waals surface area (Å²) in [6, 6.07) is 0. The average molecular weight is 303 g/mol. The van der Waals surface area contributed by atoms with Gasteiger partial charge >= 0.3 is 0 Å². The number of nitrogens with zero attached hydrogens (tertiary/aromatic N) is 2. The maximum atomic E-state index is 11.8. The Bertz CT molecular complexity index is 427. The van der Waals surface area contributed by atoms with Gasteiger partial charge in [-0.25, -0.2) is 13.1 Å². The van der Waals surface area contributed by atoms with Crippen LogP contribution in [0.2, 0.25) is 5.02 Å². The van der Waals surface area contributed by atoms with Gasteiger partial charge in [-0.1, -0.05) is 11.6 Å². The van der Waals surface area contributed by atoms with E-state index in [0.29, 0.717) is 13.0 Å². The van der Waals surface area contributed by atoms with Gasteiger partial charge < -0.3 is 5.32 Å². The van der Waals surface area contributed by atoms with Crippen LogP contribution in [0, 0.1) is 0 Å². The quantitative estimate of drug-likeness (QED) is 0.745. The number of hydrogen-bond acceptors (Lipinski definition) is 4. The molecule has 100 valence electrons. The summed E-state index contributed by atoms with van der Waals surface area (Å²) < 4.78 is 27.3. The van der Waals surface area contributed by atoms with Crippen molar-refractivity contribution in [1.29, 1.82) is 0 Å². The van der Waals surface area contributed by atoms with E-state index in [1.807, 2.05) is 7.05 Å². The molecule has 0 unspecified atom stereocenters. The molecule has 0 aliphatic rings. The Labute approximate surface area is 112 Å². The summed E-state index contributed by atoms with van der Waals surface area (Å²) in [6.07, 6.45) is 2.02. The van der Waals surface area contributed by atoms with E-state index < -0.39 is 10.0 Å². The van der Waals surface area contributed by atoms with Gasteiger partial charge in [0.25, 0.3) is 10.0 Å². The highest BCUT2D eigenvalue weighted by Gasteiger charge is 2.21. The van der Waals surface area contributed by atoms with Crippen LogP contribution in [0.1, 0.15) is 6.42 Å². The van der Waals surface area contributed by atoms with Gasteiger partial charge in [-0.05, 0) is 20.0 Å². The molecule has 1 aromatic heterocycles. The smallest absolute Gasteiger partial charge is 0.259 e. The van der Waals surface area contributed by atoms with Crippen LogP contribution in [0.5, 0.6) is 0 Å². The predicted octanol–water partition coefficient (Wildman–Crippen LogP) is 0.383. The van der Waals surface area contributed by atoms with E-state index in [9.17, 15) is 8.42 Å². The predicted molar refractivity (Wildman–Crippen MR) is 69.2 cm³/mol. The first-order valence-electron chi connectivity index (χ1n) is 4.81. The van der Waals surface area contributed by atoms with Crippen LogP contribution in [-0.2, 0) is 17.1 Å². The first kappa shape index (κ1) is 16.7. The minimum Gasteiger partial charge on any atom is -0.320 e. The Kier molecular flexibility index (Phi) is 7.03. The van der Waals surface area contributed by atoms with Gasteiger partial charge in [-0.2, -0.15) is 5.10 Å². The van der Waals surface area contributed by atoms with E-state index in [2.05, 4.69) is 15.1 Å². The van der Waals surface area contributed by atoms with Crippen molar-refractivity contribution in [3.8, 4) is 0 Å². The number of aromatic nitrogens is 2. The molecule has 0 amide bonds. The van der Waals surface area contributed by atoms with Crippen molar-refractivity contribution < 1.29 is 8.42 Å². The third-order valence-corrected chi connectivity index (χ3v) is 3.96. The molecular weight excluding hydrogens is 287 g/mol. The first-order valence-corrected chi connectivity index (χ1v) is 6.67. The Morgan fingerprint density at radius 3 is 2.59 bits per heavy atom. The van der Waals surface area contributed by atoms with Crippen molar-refractivity contribution in [2.24, 2.45) is 7.05 Å². The third-order valence-electron chi connectivity index (χ3n) is 1.99. The first-order chi connectivity index (χ1) is 7.49. The fraction of sp³-hybridized carbons (Fsp3) is 0.625. The summed E-state index contributed by atoms with van der Waals surface area (Å²) in [5.74, 6) is 0. The number of nitrogens with one attached hydrogen (secondary N) is 2. The highest BCUT2D eigenvalue weighted by atomic mass is 35.5. The largest absolute Gasteiger partial charge is 0.320 e. The number of sulfonamides is 1. The second-order valence-corrected chi connectivity index (χ2v) is 5.37. The summed E-state index contributed by atoms with van der Waals surface area (Å²) in [5.41, 5.74) is 0. The van der Waals surface area contributed by atoms with Crippen LogP contribution < -0.4 is 10.0 Å². The average Bonchev–Trinajstić information content (AvgIpc) is 2.54. The van der Waals surface area contributed by atoms with Crippen molar-refractivity contribution in [3.05, 3.63) is 11.2 Å². The summed E-state index contributed by atoms with van der Waals surface area (Å²) in [7, 11) is -0.220. The van der Waals surface area contributed by atoms with Crippen LogP contribution >= 0.6 is 24.0 Å². The standard InChI is InChI=1S/C8H15ClN4O2S.ClH/c1-10-4-3-5-12-16(14,15)8-7(9)6-11-13(8)2;/h6,10,12H,3-5H2,1-2H3;1H. The normalized spacial score (nSPS) is 11.2. The van der Waals surface area contributed by atoms with Crippen molar-refractivity contribution in [1.82, 2.24) is 19.8 Å². The lowest BCUT2D eigenvalue weighted by molar-refractivity contribution is 0.560. The molecule has 2 N–H and O–H groups in total. The lowest BCUT2D eigenvalue weighted by Gasteiger charge is -2.07. The zero-order valence-electron chi connectivity index (χ0n) is 9.60. The summed E-state index contributed by atoms with van der Waals surface area (Å²) >= 11 is 5.75. The molecule has 1 aromatic rings. The minimum absolute atomic E-state index is 0. The molecule has 0 saturated heterocycles. The number of halogens is 2. The van der Waals surface area contributed by atoms with E-state index in [0.717, 1.165) is 6.54 Å². The van der Waals surface area contributed by atoms with Crippen LogP contribution in [0.3, 0.4) is 0 Å². The molecular formula is C8H16Cl2N4O2S. The molecule has 0 aliphatic carbocycles. The van der Waals surface area contributed by atoms with E-state index >= 15 is 0 Å². The zero-order valence-corrected chi connectivity index (χ0v) is 12.0. The molecule has 0 fully saturated rings. The van der Waals surface area contributed by atoms with Gasteiger partial charge in [-0.3, -0.25) is 4.68 Å². The van der Waals surface area contributed by atoms with Crippen molar-refractivity contribution >= 4 is 34.0 Å². The van der Waals surface area contributed by atoms with Gasteiger partial charge in [0.2, 0.25) is 0 Å². The van der Waals surface area contributed by atoms with Crippen molar-refractivity contribution in [2.45, 2.75) is 11.4 Å². The highest BCUT2D eigenvalue weighted by molar-refractivity contribution is 7.89. The van der Waals surface area contributed by atoms with Crippen LogP contribution in [0.15, 0.2) is 11.2 Å². The maximum absolute atomic E-state index is 11.8. The van der Waals surface area contributed by atoms with Crippen LogP contribution in [0.25, 0.3) is 0 Å². The Balaban J connectivity index is 0.00000256. The number of hydrogen-bond donors (Lipinski definition) is 2. The van der Waals surface area contributed by atoms with Gasteiger partial charge in [-0.15, -0.1) is 12.4 Å². The van der Waals surface area contributed by atoms with E-state index in [1.54, 1.807) is 0 Å². The second kappa shape index (κ2) is 7.17. The topological polar surface area (TPSA) is 76.0 Å². The monoisotopic (exact) mass is 302 g/mol. The molecule has 1 rings (SSSR count). The molecule has 0 spiro atoms. The molecule has 0 atom stereocenters. The Morgan fingerprint density at radius 2 is 2.12 bits per heavy atom. The molecule has 6 nitrogen and oxygen atoms in total. The summed E-state index contributed by atoms with van der Waals surface area (Å²) in [5, 5.41) is 6.84. The highest BCUT2D eigenvalue weighted by Crippen LogP contribution is 2.19. The van der Waals surface area contributed by atoms with E-state index in [1.165, 1.54) is 17.9 Å². The fourth-order valence-electron chi connectivity index (χ4n) is 1.24. The fourth-order valence-corrected chi connectivity index (χ4v) is 2.97. The lowest BCUT2D eigenvalue weighted by atomic mass is 10.4. The van der Waals surface area contributed by atoms with Gasteiger partial charge in [0.1, 0.15) is 0 Å². The molecule has 1 heterocycles. The number of aryl methyl sites for hydroxylation is 1. The van der Waals surface area contributed by atoms with E-state index in [4.69, 9.17) is 11.6 Å². The van der Waals surface area contributed by atoms with Crippen molar-refractivity contribution in [3.63, 3.8) is 0 Å². The minimum atomic E-state index is -3.57. The molecule has 0 saturated carbocycles. The van der Waals surface area contributed by atoms with E-state index in [-0.39, 0.29) is 22.5 Å². The Morgan fingerprint density at radius 1 is 1.47 bits per heavy atom. The molecule has 17 heavy (non-hydrogen) atoms. The number of rotatable bonds is 6. The zero-order chi connectivity index (χ0) is 12.2. The summed E-state index contributed by atoms with van der Waals surface area (Å²) in [6.45, 7) is 1.12. The van der Waals surface area contributed by atoms with Gasteiger partial charge in [0.05, 0.1) is 11.2 Å². The molecule has 0 radical (unpaired) electrons. The maximum Gasteiger partial charge on any atom is 0.259 e. The molecule has 0 aromatic carbocycles. The lowest BCUT2D eigenvalue weighted by Crippen LogP contribution is -2.28.